The summed E-state index contributed by atoms with van der Waals surface area (Å²) in [5.41, 5.74) is 0. The maximum atomic E-state index is 11.7. The molecule has 0 saturated heterocycles. The van der Waals surface area contributed by atoms with Gasteiger partial charge in [-0.25, -0.2) is 4.79 Å². The summed E-state index contributed by atoms with van der Waals surface area (Å²) in [5.74, 6) is 1.47. The molecule has 0 aliphatic heterocycles. The third-order valence-electron chi connectivity index (χ3n) is 4.18. The lowest BCUT2D eigenvalue weighted by Gasteiger charge is -2.27. The molecule has 0 radical (unpaired) electrons. The van der Waals surface area contributed by atoms with Gasteiger partial charge in [-0.3, -0.25) is 4.79 Å². The first kappa shape index (κ1) is 17.8. The van der Waals surface area contributed by atoms with Gasteiger partial charge in [0.25, 0.3) is 0 Å². The Morgan fingerprint density at radius 2 is 1.67 bits per heavy atom. The highest BCUT2D eigenvalue weighted by atomic mass is 16.2. The Bertz CT molecular complexity index is 323. The predicted molar refractivity (Wildman–Crippen MR) is 85.0 cm³/mol. The Hall–Kier alpha value is -1.26. The number of hydrogen-bond acceptors (Lipinski definition) is 2. The van der Waals surface area contributed by atoms with Gasteiger partial charge in [-0.1, -0.05) is 26.2 Å². The Kier molecular flexibility index (Phi) is 8.16. The van der Waals surface area contributed by atoms with E-state index in [9.17, 15) is 9.59 Å². The molecule has 0 aromatic rings. The smallest absolute Gasteiger partial charge is 0.314 e. The summed E-state index contributed by atoms with van der Waals surface area (Å²) in [7, 11) is 0. The van der Waals surface area contributed by atoms with Crippen LogP contribution in [0.1, 0.15) is 59.3 Å². The van der Waals surface area contributed by atoms with Crippen molar-refractivity contribution in [2.45, 2.75) is 65.3 Å². The number of amides is 3. The van der Waals surface area contributed by atoms with Gasteiger partial charge in [-0.05, 0) is 38.5 Å². The van der Waals surface area contributed by atoms with Gasteiger partial charge >= 0.3 is 6.03 Å². The van der Waals surface area contributed by atoms with Crippen molar-refractivity contribution in [2.75, 3.05) is 13.1 Å². The van der Waals surface area contributed by atoms with Gasteiger partial charge in [0.05, 0.1) is 0 Å². The highest BCUT2D eigenvalue weighted by Gasteiger charge is 2.20. The highest BCUT2D eigenvalue weighted by Crippen LogP contribution is 2.29. The molecule has 1 rings (SSSR count). The van der Waals surface area contributed by atoms with Crippen LogP contribution in [-0.4, -0.2) is 31.1 Å². The predicted octanol–water partition coefficient (Wildman–Crippen LogP) is 2.42. The molecule has 0 heterocycles. The second-order valence-electron chi connectivity index (χ2n) is 6.40. The summed E-state index contributed by atoms with van der Waals surface area (Å²) in [5, 5.41) is 8.45. The van der Waals surface area contributed by atoms with Crippen LogP contribution in [0.15, 0.2) is 0 Å². The zero-order valence-corrected chi connectivity index (χ0v) is 13.7. The first-order valence-corrected chi connectivity index (χ1v) is 8.32. The molecular formula is C16H31N3O2. The van der Waals surface area contributed by atoms with Crippen LogP contribution in [0.2, 0.25) is 0 Å². The van der Waals surface area contributed by atoms with Crippen molar-refractivity contribution < 1.29 is 9.59 Å². The molecule has 3 amide bonds. The molecule has 1 aliphatic carbocycles. The van der Waals surface area contributed by atoms with Crippen molar-refractivity contribution in [1.82, 2.24) is 16.0 Å². The zero-order chi connectivity index (χ0) is 15.7. The second kappa shape index (κ2) is 9.64. The maximum absolute atomic E-state index is 11.7. The third-order valence-corrected chi connectivity index (χ3v) is 4.18. The van der Waals surface area contributed by atoms with E-state index in [2.05, 4.69) is 22.9 Å². The molecule has 5 nitrogen and oxygen atoms in total. The fraction of sp³-hybridized carbons (Fsp3) is 0.875. The Morgan fingerprint density at radius 1 is 1.05 bits per heavy atom. The van der Waals surface area contributed by atoms with Crippen LogP contribution in [0.5, 0.6) is 0 Å². The van der Waals surface area contributed by atoms with E-state index >= 15 is 0 Å². The van der Waals surface area contributed by atoms with Crippen molar-refractivity contribution in [3.63, 3.8) is 0 Å². The van der Waals surface area contributed by atoms with Crippen molar-refractivity contribution >= 4 is 11.9 Å². The van der Waals surface area contributed by atoms with E-state index in [-0.39, 0.29) is 18.0 Å². The highest BCUT2D eigenvalue weighted by molar-refractivity contribution is 5.78. The van der Waals surface area contributed by atoms with Crippen molar-refractivity contribution in [3.8, 4) is 0 Å². The zero-order valence-electron chi connectivity index (χ0n) is 13.7. The normalized spacial score (nSPS) is 21.9. The molecule has 5 heteroatoms. The molecule has 0 aromatic heterocycles. The average Bonchev–Trinajstić information content (AvgIpc) is 2.45. The van der Waals surface area contributed by atoms with E-state index in [1.165, 1.54) is 32.1 Å². The fourth-order valence-electron chi connectivity index (χ4n) is 2.83. The summed E-state index contributed by atoms with van der Waals surface area (Å²) < 4.78 is 0. The molecule has 3 N–H and O–H groups in total. The fourth-order valence-corrected chi connectivity index (χ4v) is 2.83. The Labute approximate surface area is 128 Å². The van der Waals surface area contributed by atoms with Crippen LogP contribution < -0.4 is 16.0 Å². The van der Waals surface area contributed by atoms with Crippen molar-refractivity contribution in [1.29, 1.82) is 0 Å². The molecule has 0 bridgehead atoms. The molecule has 0 atom stereocenters. The van der Waals surface area contributed by atoms with E-state index in [1.807, 2.05) is 13.8 Å². The molecule has 1 aliphatic rings. The van der Waals surface area contributed by atoms with Crippen molar-refractivity contribution in [2.24, 2.45) is 11.8 Å². The molecule has 1 fully saturated rings. The third kappa shape index (κ3) is 7.93. The molecule has 0 unspecified atom stereocenters. The molecule has 0 spiro atoms. The molecular weight excluding hydrogens is 266 g/mol. The summed E-state index contributed by atoms with van der Waals surface area (Å²) >= 11 is 0. The summed E-state index contributed by atoms with van der Waals surface area (Å²) in [6.07, 6.45) is 6.62. The maximum Gasteiger partial charge on any atom is 0.314 e. The van der Waals surface area contributed by atoms with Gasteiger partial charge < -0.3 is 16.0 Å². The topological polar surface area (TPSA) is 70.2 Å². The van der Waals surface area contributed by atoms with Gasteiger partial charge in [0, 0.05) is 25.6 Å². The van der Waals surface area contributed by atoms with E-state index < -0.39 is 0 Å². The number of carbonyl (C=O) groups is 2. The molecule has 122 valence electrons. The summed E-state index contributed by atoms with van der Waals surface area (Å²) in [6, 6.07) is -0.0189. The van der Waals surface area contributed by atoms with E-state index in [1.54, 1.807) is 0 Å². The van der Waals surface area contributed by atoms with Gasteiger partial charge in [0.1, 0.15) is 0 Å². The standard InChI is InChI=1S/C16H31N3O2/c1-4-13-5-7-14(8-6-13)11-18-16(21)17-10-9-15(20)19-12(2)3/h12-14H,4-11H2,1-3H3,(H,19,20)(H2,17,18,21). The van der Waals surface area contributed by atoms with E-state index in [0.29, 0.717) is 18.9 Å². The van der Waals surface area contributed by atoms with Crippen LogP contribution in [0.25, 0.3) is 0 Å². The summed E-state index contributed by atoms with van der Waals surface area (Å²) in [6.45, 7) is 7.23. The van der Waals surface area contributed by atoms with Crippen LogP contribution >= 0.6 is 0 Å². The van der Waals surface area contributed by atoms with Gasteiger partial charge in [0.15, 0.2) is 0 Å². The van der Waals surface area contributed by atoms with Crippen LogP contribution in [-0.2, 0) is 4.79 Å². The van der Waals surface area contributed by atoms with Gasteiger partial charge in [0.2, 0.25) is 5.91 Å². The minimum atomic E-state index is -0.162. The quantitative estimate of drug-likeness (QED) is 0.675. The Morgan fingerprint density at radius 3 is 2.24 bits per heavy atom. The first-order chi connectivity index (χ1) is 10.0. The van der Waals surface area contributed by atoms with Crippen LogP contribution in [0.4, 0.5) is 4.79 Å². The average molecular weight is 297 g/mol. The lowest BCUT2D eigenvalue weighted by molar-refractivity contribution is -0.121. The van der Waals surface area contributed by atoms with Crippen LogP contribution in [0, 0.1) is 11.8 Å². The molecule has 0 aromatic carbocycles. The van der Waals surface area contributed by atoms with Crippen molar-refractivity contribution in [3.05, 3.63) is 0 Å². The second-order valence-corrected chi connectivity index (χ2v) is 6.40. The Balaban J connectivity index is 2.05. The largest absolute Gasteiger partial charge is 0.354 e. The van der Waals surface area contributed by atoms with E-state index in [0.717, 1.165) is 12.5 Å². The lowest BCUT2D eigenvalue weighted by Crippen LogP contribution is -2.41. The number of urea groups is 1. The summed E-state index contributed by atoms with van der Waals surface area (Å²) in [4.78, 5) is 23.1. The number of carbonyl (C=O) groups excluding carboxylic acids is 2. The molecule has 21 heavy (non-hydrogen) atoms. The molecule has 1 saturated carbocycles. The lowest BCUT2D eigenvalue weighted by atomic mass is 9.81. The number of rotatable bonds is 7. The monoisotopic (exact) mass is 297 g/mol. The van der Waals surface area contributed by atoms with Gasteiger partial charge in [-0.2, -0.15) is 0 Å². The van der Waals surface area contributed by atoms with Gasteiger partial charge in [-0.15, -0.1) is 0 Å². The SMILES string of the molecule is CCC1CCC(CNC(=O)NCCC(=O)NC(C)C)CC1. The minimum absolute atomic E-state index is 0.0248. The number of nitrogens with one attached hydrogen (secondary N) is 3. The number of hydrogen-bond donors (Lipinski definition) is 3. The first-order valence-electron chi connectivity index (χ1n) is 8.32. The minimum Gasteiger partial charge on any atom is -0.354 e. The van der Waals surface area contributed by atoms with Crippen LogP contribution in [0.3, 0.4) is 0 Å². The van der Waals surface area contributed by atoms with E-state index in [4.69, 9.17) is 0 Å².